The number of hydrogen-bond donors (Lipinski definition) is 1. The quantitative estimate of drug-likeness (QED) is 0.641. The third-order valence-electron chi connectivity index (χ3n) is 4.10. The first-order valence-corrected chi connectivity index (χ1v) is 7.78. The minimum Gasteiger partial charge on any atom is -0.481 e. The van der Waals surface area contributed by atoms with Gasteiger partial charge in [-0.1, -0.05) is 31.4 Å². The number of nitrogens with zero attached hydrogens (tertiary/aromatic N) is 2. The van der Waals surface area contributed by atoms with Gasteiger partial charge in [0, 0.05) is 18.5 Å². The Hall–Kier alpha value is -2.44. The summed E-state index contributed by atoms with van der Waals surface area (Å²) < 4.78 is 0. The number of carboxylic acids is 1. The van der Waals surface area contributed by atoms with Crippen molar-refractivity contribution < 1.29 is 19.6 Å². The molecule has 0 atom stereocenters. The van der Waals surface area contributed by atoms with E-state index in [-0.39, 0.29) is 36.2 Å². The number of carboxylic acid groups (broad SMARTS) is 1. The molecule has 1 aliphatic carbocycles. The van der Waals surface area contributed by atoms with Gasteiger partial charge < -0.3 is 10.0 Å². The number of hydrogen-bond acceptors (Lipinski definition) is 4. The molecule has 0 spiro atoms. The minimum atomic E-state index is -1.05. The Morgan fingerprint density at radius 3 is 2.43 bits per heavy atom. The van der Waals surface area contributed by atoms with Gasteiger partial charge in [0.15, 0.2) is 0 Å². The largest absolute Gasteiger partial charge is 0.481 e. The number of carbonyl (C=O) groups excluding carboxylic acids is 1. The Morgan fingerprint density at radius 1 is 1.17 bits per heavy atom. The van der Waals surface area contributed by atoms with Gasteiger partial charge in [-0.05, 0) is 18.9 Å². The number of carbonyl (C=O) groups is 2. The summed E-state index contributed by atoms with van der Waals surface area (Å²) in [5, 5.41) is 20.1. The number of rotatable bonds is 6. The summed E-state index contributed by atoms with van der Waals surface area (Å²) >= 11 is 0. The second kappa shape index (κ2) is 7.71. The predicted octanol–water partition coefficient (Wildman–Crippen LogP) is 3.13. The molecule has 1 aromatic rings. The molecular weight excluding hydrogens is 300 g/mol. The van der Waals surface area contributed by atoms with Crippen molar-refractivity contribution in [2.45, 2.75) is 51.0 Å². The van der Waals surface area contributed by atoms with Gasteiger partial charge in [-0.25, -0.2) is 0 Å². The average Bonchev–Trinajstić information content (AvgIpc) is 2.54. The Morgan fingerprint density at radius 2 is 1.83 bits per heavy atom. The first kappa shape index (κ1) is 16.9. The van der Waals surface area contributed by atoms with Crippen LogP contribution in [0.25, 0.3) is 0 Å². The fourth-order valence-electron chi connectivity index (χ4n) is 3.03. The second-order valence-corrected chi connectivity index (χ2v) is 5.70. The molecule has 1 aromatic carbocycles. The number of anilines is 1. The lowest BCUT2D eigenvalue weighted by molar-refractivity contribution is -0.384. The fraction of sp³-hybridized carbons (Fsp3) is 0.500. The zero-order valence-electron chi connectivity index (χ0n) is 12.8. The summed E-state index contributed by atoms with van der Waals surface area (Å²) in [5.74, 6) is -1.42. The highest BCUT2D eigenvalue weighted by Crippen LogP contribution is 2.34. The Kier molecular flexibility index (Phi) is 5.67. The van der Waals surface area contributed by atoms with Crippen LogP contribution >= 0.6 is 0 Å². The fourth-order valence-corrected chi connectivity index (χ4v) is 3.03. The molecule has 1 saturated carbocycles. The van der Waals surface area contributed by atoms with Crippen LogP contribution in [0.2, 0.25) is 0 Å². The Balaban J connectivity index is 2.34. The highest BCUT2D eigenvalue weighted by atomic mass is 16.6. The van der Waals surface area contributed by atoms with Crippen molar-refractivity contribution in [1.82, 2.24) is 0 Å². The van der Waals surface area contributed by atoms with E-state index >= 15 is 0 Å². The summed E-state index contributed by atoms with van der Waals surface area (Å²) in [7, 11) is 0. The molecule has 1 aliphatic rings. The lowest BCUT2D eigenvalue weighted by Gasteiger charge is -2.34. The molecule has 1 fully saturated rings. The van der Waals surface area contributed by atoms with E-state index in [0.717, 1.165) is 32.1 Å². The van der Waals surface area contributed by atoms with Crippen LogP contribution in [0.5, 0.6) is 0 Å². The number of aliphatic carboxylic acids is 1. The normalized spacial score (nSPS) is 15.1. The van der Waals surface area contributed by atoms with Gasteiger partial charge in [-0.3, -0.25) is 19.7 Å². The molecule has 7 nitrogen and oxygen atoms in total. The molecule has 1 amide bonds. The van der Waals surface area contributed by atoms with Gasteiger partial charge in [0.05, 0.1) is 11.3 Å². The van der Waals surface area contributed by atoms with Crippen LogP contribution in [0, 0.1) is 10.1 Å². The number of benzene rings is 1. The van der Waals surface area contributed by atoms with E-state index in [0.29, 0.717) is 0 Å². The van der Waals surface area contributed by atoms with Gasteiger partial charge in [0.2, 0.25) is 5.91 Å². The average molecular weight is 320 g/mol. The van der Waals surface area contributed by atoms with E-state index in [1.165, 1.54) is 11.0 Å². The van der Waals surface area contributed by atoms with Crippen LogP contribution in [0.3, 0.4) is 0 Å². The predicted molar refractivity (Wildman–Crippen MR) is 84.3 cm³/mol. The molecule has 0 bridgehead atoms. The molecule has 0 heterocycles. The first-order valence-electron chi connectivity index (χ1n) is 7.78. The number of nitro benzene ring substituents is 1. The number of nitro groups is 1. The van der Waals surface area contributed by atoms with Gasteiger partial charge in [0.25, 0.3) is 5.69 Å². The molecule has 0 unspecified atom stereocenters. The summed E-state index contributed by atoms with van der Waals surface area (Å²) in [6.45, 7) is 0. The maximum Gasteiger partial charge on any atom is 0.303 e. The first-order chi connectivity index (χ1) is 11.0. The molecule has 1 N–H and O–H groups in total. The van der Waals surface area contributed by atoms with Crippen LogP contribution in [0.4, 0.5) is 11.4 Å². The van der Waals surface area contributed by atoms with E-state index < -0.39 is 10.9 Å². The molecule has 7 heteroatoms. The van der Waals surface area contributed by atoms with E-state index in [9.17, 15) is 19.7 Å². The van der Waals surface area contributed by atoms with Gasteiger partial charge in [-0.15, -0.1) is 0 Å². The highest BCUT2D eigenvalue weighted by molar-refractivity contribution is 5.97. The number of para-hydroxylation sites is 2. The topological polar surface area (TPSA) is 101 Å². The van der Waals surface area contributed by atoms with E-state index in [2.05, 4.69) is 0 Å². The van der Waals surface area contributed by atoms with Crippen LogP contribution in [0.1, 0.15) is 44.9 Å². The van der Waals surface area contributed by atoms with Crippen molar-refractivity contribution in [3.8, 4) is 0 Å². The molecular formula is C16H20N2O5. The summed E-state index contributed by atoms with van der Waals surface area (Å²) in [4.78, 5) is 35.5. The van der Waals surface area contributed by atoms with Gasteiger partial charge in [-0.2, -0.15) is 0 Å². The van der Waals surface area contributed by atoms with Crippen molar-refractivity contribution >= 4 is 23.3 Å². The van der Waals surface area contributed by atoms with Gasteiger partial charge in [0.1, 0.15) is 5.69 Å². The van der Waals surface area contributed by atoms with E-state index in [1.807, 2.05) is 0 Å². The zero-order chi connectivity index (χ0) is 16.8. The van der Waals surface area contributed by atoms with Crippen LogP contribution in [0.15, 0.2) is 24.3 Å². The van der Waals surface area contributed by atoms with Crippen molar-refractivity contribution in [3.05, 3.63) is 34.4 Å². The monoisotopic (exact) mass is 320 g/mol. The van der Waals surface area contributed by atoms with Crippen LogP contribution < -0.4 is 4.90 Å². The summed E-state index contributed by atoms with van der Waals surface area (Å²) in [6.07, 6.45) is 4.16. The number of amides is 1. The van der Waals surface area contributed by atoms with Crippen LogP contribution in [-0.2, 0) is 9.59 Å². The third kappa shape index (κ3) is 4.28. The Labute approximate surface area is 134 Å². The highest BCUT2D eigenvalue weighted by Gasteiger charge is 2.31. The van der Waals surface area contributed by atoms with Crippen molar-refractivity contribution in [2.24, 2.45) is 0 Å². The molecule has 0 radical (unpaired) electrons. The maximum absolute atomic E-state index is 12.6. The van der Waals surface area contributed by atoms with E-state index in [1.54, 1.807) is 18.2 Å². The molecule has 124 valence electrons. The maximum atomic E-state index is 12.6. The molecule has 23 heavy (non-hydrogen) atoms. The second-order valence-electron chi connectivity index (χ2n) is 5.70. The summed E-state index contributed by atoms with van der Waals surface area (Å²) in [6, 6.07) is 6.04. The molecule has 0 saturated heterocycles. The van der Waals surface area contributed by atoms with Crippen molar-refractivity contribution in [1.29, 1.82) is 0 Å². The SMILES string of the molecule is O=C(O)CCC(=O)N(c1ccccc1[N+](=O)[O-])C1CCCCC1. The summed E-state index contributed by atoms with van der Waals surface area (Å²) in [5.41, 5.74) is 0.140. The Bertz CT molecular complexity index is 596. The van der Waals surface area contributed by atoms with Gasteiger partial charge >= 0.3 is 5.97 Å². The lowest BCUT2D eigenvalue weighted by Crippen LogP contribution is -2.42. The molecule has 2 rings (SSSR count). The zero-order valence-corrected chi connectivity index (χ0v) is 12.8. The third-order valence-corrected chi connectivity index (χ3v) is 4.10. The van der Waals surface area contributed by atoms with Crippen molar-refractivity contribution in [2.75, 3.05) is 4.90 Å². The lowest BCUT2D eigenvalue weighted by atomic mass is 9.93. The smallest absolute Gasteiger partial charge is 0.303 e. The minimum absolute atomic E-state index is 0.105. The molecule has 0 aromatic heterocycles. The standard InChI is InChI=1S/C16H20N2O5/c19-15(10-11-16(20)21)17(12-6-2-1-3-7-12)13-8-4-5-9-14(13)18(22)23/h4-5,8-9,12H,1-3,6-7,10-11H2,(H,20,21). The molecule has 0 aliphatic heterocycles. The van der Waals surface area contributed by atoms with Crippen LogP contribution in [-0.4, -0.2) is 27.9 Å². The van der Waals surface area contributed by atoms with E-state index in [4.69, 9.17) is 5.11 Å². The van der Waals surface area contributed by atoms with Crippen molar-refractivity contribution in [3.63, 3.8) is 0 Å².